The molecule has 0 fully saturated rings. The number of hydrogen-bond acceptors (Lipinski definition) is 4. The van der Waals surface area contributed by atoms with Crippen LogP contribution in [0.5, 0.6) is 11.5 Å². The van der Waals surface area contributed by atoms with Crippen molar-refractivity contribution in [2.75, 3.05) is 6.61 Å². The summed E-state index contributed by atoms with van der Waals surface area (Å²) in [6.07, 6.45) is 2.73. The van der Waals surface area contributed by atoms with Crippen molar-refractivity contribution in [1.82, 2.24) is 9.55 Å². The number of aromatic nitrogens is 2. The van der Waals surface area contributed by atoms with E-state index in [0.29, 0.717) is 34.9 Å². The van der Waals surface area contributed by atoms with Gasteiger partial charge in [0.2, 0.25) is 0 Å². The second-order valence-electron chi connectivity index (χ2n) is 8.44. The van der Waals surface area contributed by atoms with Gasteiger partial charge < -0.3 is 9.47 Å². The van der Waals surface area contributed by atoms with Gasteiger partial charge in [0, 0.05) is 17.1 Å². The van der Waals surface area contributed by atoms with Gasteiger partial charge in [-0.05, 0) is 81.6 Å². The molecule has 0 amide bonds. The van der Waals surface area contributed by atoms with Crippen LogP contribution in [0.1, 0.15) is 33.1 Å². The van der Waals surface area contributed by atoms with E-state index in [1.165, 1.54) is 0 Å². The molecule has 176 valence electrons. The number of benzene rings is 3. The van der Waals surface area contributed by atoms with E-state index in [4.69, 9.17) is 26.1 Å². The van der Waals surface area contributed by atoms with Gasteiger partial charge >= 0.3 is 0 Å². The summed E-state index contributed by atoms with van der Waals surface area (Å²) in [5.41, 5.74) is 1.55. The number of hydrogen-bond donors (Lipinski definition) is 0. The van der Waals surface area contributed by atoms with E-state index in [1.807, 2.05) is 86.6 Å². The van der Waals surface area contributed by atoms with E-state index in [0.717, 1.165) is 36.3 Å². The molecule has 6 heteroatoms. The van der Waals surface area contributed by atoms with Gasteiger partial charge in [-0.3, -0.25) is 9.36 Å². The Balaban J connectivity index is 1.43. The Bertz CT molecular complexity index is 1300. The van der Waals surface area contributed by atoms with Crippen LogP contribution in [0.3, 0.4) is 0 Å². The summed E-state index contributed by atoms with van der Waals surface area (Å²) in [5.74, 6) is 2.19. The lowest BCUT2D eigenvalue weighted by atomic mass is 10.1. The van der Waals surface area contributed by atoms with Gasteiger partial charge in [-0.15, -0.1) is 0 Å². The van der Waals surface area contributed by atoms with Crippen LogP contribution in [0.4, 0.5) is 0 Å². The molecule has 0 N–H and O–H groups in total. The average Bonchev–Trinajstić information content (AvgIpc) is 2.83. The third-order valence-corrected chi connectivity index (χ3v) is 5.71. The van der Waals surface area contributed by atoms with Crippen LogP contribution in [0.2, 0.25) is 5.02 Å². The molecule has 4 aromatic rings. The summed E-state index contributed by atoms with van der Waals surface area (Å²) < 4.78 is 13.5. The van der Waals surface area contributed by atoms with Gasteiger partial charge in [0.05, 0.1) is 23.6 Å². The second-order valence-corrected chi connectivity index (χ2v) is 8.88. The van der Waals surface area contributed by atoms with Crippen molar-refractivity contribution in [1.29, 1.82) is 0 Å². The fourth-order valence-corrected chi connectivity index (χ4v) is 3.97. The van der Waals surface area contributed by atoms with Crippen LogP contribution in [0, 0.1) is 0 Å². The van der Waals surface area contributed by atoms with Gasteiger partial charge in [0.1, 0.15) is 5.82 Å². The Morgan fingerprint density at radius 3 is 2.35 bits per heavy atom. The van der Waals surface area contributed by atoms with Crippen molar-refractivity contribution in [3.05, 3.63) is 88.2 Å². The molecule has 5 nitrogen and oxygen atoms in total. The maximum absolute atomic E-state index is 13.3. The predicted molar refractivity (Wildman–Crippen MR) is 138 cm³/mol. The molecule has 1 heterocycles. The summed E-state index contributed by atoms with van der Waals surface area (Å²) in [5, 5.41) is 1.28. The van der Waals surface area contributed by atoms with Gasteiger partial charge in [0.15, 0.2) is 11.5 Å². The molecule has 1 aromatic heterocycles. The average molecular weight is 477 g/mol. The molecule has 0 aliphatic rings. The van der Waals surface area contributed by atoms with Gasteiger partial charge in [-0.25, -0.2) is 4.98 Å². The fraction of sp³-hybridized carbons (Fsp3) is 0.286. The molecule has 34 heavy (non-hydrogen) atoms. The molecule has 0 unspecified atom stereocenters. The van der Waals surface area contributed by atoms with Crippen molar-refractivity contribution in [3.8, 4) is 22.9 Å². The normalized spacial score (nSPS) is 11.2. The second kappa shape index (κ2) is 11.2. The molecule has 4 rings (SSSR count). The van der Waals surface area contributed by atoms with Crippen LogP contribution in [-0.2, 0) is 6.54 Å². The molecular formula is C28H29ClN2O3. The molecule has 0 atom stereocenters. The van der Waals surface area contributed by atoms with Crippen molar-refractivity contribution in [2.45, 2.75) is 45.8 Å². The Morgan fingerprint density at radius 2 is 1.59 bits per heavy atom. The van der Waals surface area contributed by atoms with E-state index in [9.17, 15) is 4.79 Å². The topological polar surface area (TPSA) is 53.4 Å². The van der Waals surface area contributed by atoms with Crippen molar-refractivity contribution < 1.29 is 9.47 Å². The van der Waals surface area contributed by atoms with Crippen LogP contribution in [0.15, 0.2) is 77.6 Å². The predicted octanol–water partition coefficient (Wildman–Crippen LogP) is 6.75. The summed E-state index contributed by atoms with van der Waals surface area (Å²) in [6.45, 7) is 5.17. The molecule has 0 bridgehead atoms. The number of halogens is 1. The highest BCUT2D eigenvalue weighted by atomic mass is 35.5. The quantitative estimate of drug-likeness (QED) is 0.237. The van der Waals surface area contributed by atoms with Gasteiger partial charge in [0.25, 0.3) is 5.56 Å². The van der Waals surface area contributed by atoms with Crippen LogP contribution < -0.4 is 15.0 Å². The number of para-hydroxylation sites is 3. The minimum atomic E-state index is -0.0217. The highest BCUT2D eigenvalue weighted by Crippen LogP contribution is 2.27. The van der Waals surface area contributed by atoms with Crippen LogP contribution in [0.25, 0.3) is 22.3 Å². The first kappa shape index (κ1) is 23.8. The van der Waals surface area contributed by atoms with Crippen molar-refractivity contribution >= 4 is 22.5 Å². The Labute approximate surface area is 204 Å². The first-order valence-corrected chi connectivity index (χ1v) is 12.0. The SMILES string of the molecule is CC(C)Oc1ccccc1OCCCCCn1c(-c2ccc(Cl)cc2)nc2ccccc2c1=O. The molecular weight excluding hydrogens is 448 g/mol. The number of nitrogens with zero attached hydrogens (tertiary/aromatic N) is 2. The number of ether oxygens (including phenoxy) is 2. The fourth-order valence-electron chi connectivity index (χ4n) is 3.85. The lowest BCUT2D eigenvalue weighted by Gasteiger charge is -2.15. The number of rotatable bonds is 10. The molecule has 0 aliphatic heterocycles. The summed E-state index contributed by atoms with van der Waals surface area (Å²) in [6, 6.07) is 22.7. The Hall–Kier alpha value is -3.31. The maximum atomic E-state index is 13.3. The molecule has 0 saturated heterocycles. The van der Waals surface area contributed by atoms with E-state index < -0.39 is 0 Å². The van der Waals surface area contributed by atoms with Crippen molar-refractivity contribution in [2.24, 2.45) is 0 Å². The van der Waals surface area contributed by atoms with E-state index >= 15 is 0 Å². The zero-order valence-corrected chi connectivity index (χ0v) is 20.3. The van der Waals surface area contributed by atoms with E-state index in [2.05, 4.69) is 0 Å². The Morgan fingerprint density at radius 1 is 0.882 bits per heavy atom. The zero-order valence-electron chi connectivity index (χ0n) is 19.5. The number of unbranched alkanes of at least 4 members (excludes halogenated alkanes) is 2. The third kappa shape index (κ3) is 5.78. The maximum Gasteiger partial charge on any atom is 0.261 e. The lowest BCUT2D eigenvalue weighted by Crippen LogP contribution is -2.23. The summed E-state index contributed by atoms with van der Waals surface area (Å²) in [7, 11) is 0. The molecule has 3 aromatic carbocycles. The van der Waals surface area contributed by atoms with Crippen LogP contribution in [-0.4, -0.2) is 22.3 Å². The largest absolute Gasteiger partial charge is 0.490 e. The first-order chi connectivity index (χ1) is 16.5. The Kier molecular flexibility index (Phi) is 7.86. The summed E-state index contributed by atoms with van der Waals surface area (Å²) in [4.78, 5) is 18.1. The minimum Gasteiger partial charge on any atom is -0.490 e. The third-order valence-electron chi connectivity index (χ3n) is 5.46. The van der Waals surface area contributed by atoms with Gasteiger partial charge in [-0.2, -0.15) is 0 Å². The lowest BCUT2D eigenvalue weighted by molar-refractivity contribution is 0.219. The zero-order chi connectivity index (χ0) is 23.9. The molecule has 0 radical (unpaired) electrons. The van der Waals surface area contributed by atoms with E-state index in [-0.39, 0.29) is 11.7 Å². The molecule has 0 spiro atoms. The minimum absolute atomic E-state index is 0.0217. The highest BCUT2D eigenvalue weighted by Gasteiger charge is 2.13. The van der Waals surface area contributed by atoms with Crippen molar-refractivity contribution in [3.63, 3.8) is 0 Å². The smallest absolute Gasteiger partial charge is 0.261 e. The molecule has 0 saturated carbocycles. The van der Waals surface area contributed by atoms with Crippen LogP contribution >= 0.6 is 11.6 Å². The monoisotopic (exact) mass is 476 g/mol. The number of fused-ring (bicyclic) bond motifs is 1. The standard InChI is InChI=1S/C28H29ClN2O3/c1-20(2)34-26-13-7-6-12-25(26)33-19-9-3-8-18-31-27(21-14-16-22(29)17-15-21)30-24-11-5-4-10-23(24)28(31)32/h4-7,10-17,20H,3,8-9,18-19H2,1-2H3. The van der Waals surface area contributed by atoms with Gasteiger partial charge in [-0.1, -0.05) is 35.9 Å². The summed E-state index contributed by atoms with van der Waals surface area (Å²) >= 11 is 6.07. The molecule has 0 aliphatic carbocycles. The highest BCUT2D eigenvalue weighted by molar-refractivity contribution is 6.30. The first-order valence-electron chi connectivity index (χ1n) is 11.7. The van der Waals surface area contributed by atoms with E-state index in [1.54, 1.807) is 4.57 Å².